The van der Waals surface area contributed by atoms with Crippen LogP contribution in [0.5, 0.6) is 0 Å². The fraction of sp³-hybridized carbons (Fsp3) is 0.167. The summed E-state index contributed by atoms with van der Waals surface area (Å²) in [5, 5.41) is 9.04. The molecule has 0 aliphatic heterocycles. The number of Topliss-reactive ketones (excluding diaryl/α,β-unsaturated/α-hetero) is 1. The van der Waals surface area contributed by atoms with Crippen molar-refractivity contribution in [3.05, 3.63) is 71.2 Å². The van der Waals surface area contributed by atoms with Gasteiger partial charge in [0, 0.05) is 12.6 Å². The molecule has 4 nitrogen and oxygen atoms in total. The Labute approximate surface area is 128 Å². The maximum absolute atomic E-state index is 12.6. The van der Waals surface area contributed by atoms with E-state index in [-0.39, 0.29) is 12.2 Å². The number of fused-ring (bicyclic) bond motifs is 1. The van der Waals surface area contributed by atoms with Crippen molar-refractivity contribution in [2.24, 2.45) is 0 Å². The highest BCUT2D eigenvalue weighted by Crippen LogP contribution is 2.16. The van der Waals surface area contributed by atoms with Gasteiger partial charge in [0.25, 0.3) is 0 Å². The normalized spacial score (nSPS) is 10.5. The van der Waals surface area contributed by atoms with E-state index < -0.39 is 0 Å². The van der Waals surface area contributed by atoms with Crippen molar-refractivity contribution >= 4 is 11.4 Å². The van der Waals surface area contributed by atoms with Gasteiger partial charge in [-0.2, -0.15) is 5.26 Å². The van der Waals surface area contributed by atoms with Crippen molar-refractivity contribution < 1.29 is 4.79 Å². The Morgan fingerprint density at radius 3 is 2.91 bits per heavy atom. The Balaban J connectivity index is 1.96. The zero-order chi connectivity index (χ0) is 15.5. The van der Waals surface area contributed by atoms with Crippen LogP contribution >= 0.6 is 0 Å². The molecular weight excluding hydrogens is 274 g/mol. The molecule has 0 saturated carbocycles. The van der Waals surface area contributed by atoms with Gasteiger partial charge < -0.3 is 0 Å². The summed E-state index contributed by atoms with van der Waals surface area (Å²) in [6.07, 6.45) is 4.56. The molecule has 1 aromatic carbocycles. The van der Waals surface area contributed by atoms with E-state index in [2.05, 4.69) is 11.1 Å². The van der Waals surface area contributed by atoms with Crippen LogP contribution in [0.2, 0.25) is 0 Å². The lowest BCUT2D eigenvalue weighted by atomic mass is 9.97. The largest absolute Gasteiger partial charge is 0.297 e. The van der Waals surface area contributed by atoms with Gasteiger partial charge in [0.1, 0.15) is 11.3 Å². The summed E-state index contributed by atoms with van der Waals surface area (Å²) in [6.45, 7) is 2.05. The Hall–Kier alpha value is -2.93. The number of nitrogens with zero attached hydrogens (tertiary/aromatic N) is 3. The van der Waals surface area contributed by atoms with Crippen LogP contribution in [-0.4, -0.2) is 15.2 Å². The maximum Gasteiger partial charge on any atom is 0.185 e. The second kappa shape index (κ2) is 5.82. The lowest BCUT2D eigenvalue weighted by Gasteiger charge is -2.08. The zero-order valence-electron chi connectivity index (χ0n) is 12.3. The average Bonchev–Trinajstić information content (AvgIpc) is 2.99. The molecule has 22 heavy (non-hydrogen) atoms. The molecule has 2 aromatic heterocycles. The van der Waals surface area contributed by atoms with Crippen molar-refractivity contribution in [3.63, 3.8) is 0 Å². The van der Waals surface area contributed by atoms with Crippen molar-refractivity contribution in [1.82, 2.24) is 9.38 Å². The molecule has 0 saturated heterocycles. The summed E-state index contributed by atoms with van der Waals surface area (Å²) in [7, 11) is 0. The summed E-state index contributed by atoms with van der Waals surface area (Å²) >= 11 is 0. The first-order chi connectivity index (χ1) is 10.7. The molecule has 108 valence electrons. The maximum atomic E-state index is 12.6. The minimum Gasteiger partial charge on any atom is -0.297 e. The summed E-state index contributed by atoms with van der Waals surface area (Å²) in [4.78, 5) is 16.9. The summed E-state index contributed by atoms with van der Waals surface area (Å²) < 4.78 is 1.79. The number of hydrogen-bond donors (Lipinski definition) is 0. The highest BCUT2D eigenvalue weighted by atomic mass is 16.1. The minimum absolute atomic E-state index is 0.00323. The SMILES string of the molecule is CCc1ccc(C#N)cc1CC(=O)c1cnc2ccccn12. The van der Waals surface area contributed by atoms with E-state index in [1.54, 1.807) is 22.7 Å². The molecule has 0 aliphatic carbocycles. The second-order valence-corrected chi connectivity index (χ2v) is 5.12. The molecule has 3 rings (SSSR count). The number of carbonyl (C=O) groups is 1. The molecule has 0 atom stereocenters. The molecule has 0 bridgehead atoms. The van der Waals surface area contributed by atoms with Gasteiger partial charge in [0.15, 0.2) is 5.78 Å². The van der Waals surface area contributed by atoms with E-state index in [0.29, 0.717) is 11.3 Å². The van der Waals surface area contributed by atoms with E-state index in [4.69, 9.17) is 5.26 Å². The van der Waals surface area contributed by atoms with Crippen LogP contribution in [0.3, 0.4) is 0 Å². The lowest BCUT2D eigenvalue weighted by Crippen LogP contribution is -2.08. The Morgan fingerprint density at radius 2 is 2.14 bits per heavy atom. The third kappa shape index (κ3) is 2.49. The quantitative estimate of drug-likeness (QED) is 0.693. The number of imidazole rings is 1. The van der Waals surface area contributed by atoms with E-state index >= 15 is 0 Å². The minimum atomic E-state index is 0.00323. The molecule has 0 radical (unpaired) electrons. The van der Waals surface area contributed by atoms with Gasteiger partial charge in [0.05, 0.1) is 17.8 Å². The Bertz CT molecular complexity index is 887. The number of pyridine rings is 1. The van der Waals surface area contributed by atoms with Crippen molar-refractivity contribution in [3.8, 4) is 6.07 Å². The third-order valence-electron chi connectivity index (χ3n) is 3.77. The van der Waals surface area contributed by atoms with Crippen molar-refractivity contribution in [2.75, 3.05) is 0 Å². The van der Waals surface area contributed by atoms with Gasteiger partial charge in [-0.3, -0.25) is 9.20 Å². The van der Waals surface area contributed by atoms with Crippen LogP contribution < -0.4 is 0 Å². The zero-order valence-corrected chi connectivity index (χ0v) is 12.3. The van der Waals surface area contributed by atoms with Gasteiger partial charge in [-0.15, -0.1) is 0 Å². The van der Waals surface area contributed by atoms with E-state index in [1.807, 2.05) is 37.4 Å². The van der Waals surface area contributed by atoms with Crippen LogP contribution in [0, 0.1) is 11.3 Å². The Morgan fingerprint density at radius 1 is 1.27 bits per heavy atom. The summed E-state index contributed by atoms with van der Waals surface area (Å²) in [5.41, 5.74) is 3.92. The summed E-state index contributed by atoms with van der Waals surface area (Å²) in [5.74, 6) is 0.00323. The van der Waals surface area contributed by atoms with E-state index in [1.165, 1.54) is 0 Å². The first-order valence-corrected chi connectivity index (χ1v) is 7.20. The molecule has 0 unspecified atom stereocenters. The molecule has 3 aromatic rings. The van der Waals surface area contributed by atoms with Gasteiger partial charge >= 0.3 is 0 Å². The molecule has 0 amide bonds. The van der Waals surface area contributed by atoms with Crippen molar-refractivity contribution in [1.29, 1.82) is 5.26 Å². The van der Waals surface area contributed by atoms with Gasteiger partial charge in [-0.25, -0.2) is 4.98 Å². The monoisotopic (exact) mass is 289 g/mol. The van der Waals surface area contributed by atoms with Crippen LogP contribution in [0.4, 0.5) is 0 Å². The summed E-state index contributed by atoms with van der Waals surface area (Å²) in [6, 6.07) is 13.3. The molecule has 0 aliphatic rings. The number of benzene rings is 1. The molecular formula is C18H15N3O. The predicted octanol–water partition coefficient (Wildman–Crippen LogP) is 3.19. The number of aryl methyl sites for hydroxylation is 1. The predicted molar refractivity (Wildman–Crippen MR) is 83.8 cm³/mol. The van der Waals surface area contributed by atoms with E-state index in [0.717, 1.165) is 23.2 Å². The average molecular weight is 289 g/mol. The number of ketones is 1. The number of carbonyl (C=O) groups excluding carboxylic acids is 1. The molecule has 0 N–H and O–H groups in total. The lowest BCUT2D eigenvalue weighted by molar-refractivity contribution is 0.0987. The highest BCUT2D eigenvalue weighted by molar-refractivity contribution is 5.96. The van der Waals surface area contributed by atoms with E-state index in [9.17, 15) is 4.79 Å². The molecule has 2 heterocycles. The topological polar surface area (TPSA) is 58.2 Å². The third-order valence-corrected chi connectivity index (χ3v) is 3.77. The number of nitriles is 1. The fourth-order valence-electron chi connectivity index (χ4n) is 2.61. The van der Waals surface area contributed by atoms with Gasteiger partial charge in [-0.05, 0) is 41.8 Å². The molecule has 0 fully saturated rings. The van der Waals surface area contributed by atoms with Crippen LogP contribution in [-0.2, 0) is 12.8 Å². The fourth-order valence-corrected chi connectivity index (χ4v) is 2.61. The Kier molecular flexibility index (Phi) is 3.71. The smallest absolute Gasteiger partial charge is 0.185 e. The van der Waals surface area contributed by atoms with Gasteiger partial charge in [0.2, 0.25) is 0 Å². The van der Waals surface area contributed by atoms with Crippen LogP contribution in [0.15, 0.2) is 48.8 Å². The molecule has 0 spiro atoms. The van der Waals surface area contributed by atoms with Gasteiger partial charge in [-0.1, -0.05) is 19.1 Å². The van der Waals surface area contributed by atoms with Crippen molar-refractivity contribution in [2.45, 2.75) is 19.8 Å². The van der Waals surface area contributed by atoms with Crippen LogP contribution in [0.25, 0.3) is 5.65 Å². The first kappa shape index (κ1) is 14.0. The first-order valence-electron chi connectivity index (χ1n) is 7.20. The number of hydrogen-bond acceptors (Lipinski definition) is 3. The number of aromatic nitrogens is 2. The number of rotatable bonds is 4. The standard InChI is InChI=1S/C18H15N3O/c1-2-14-7-6-13(11-19)9-15(14)10-17(22)16-12-20-18-5-3-4-8-21(16)18/h3-9,12H,2,10H2,1H3. The molecule has 4 heteroatoms. The highest BCUT2D eigenvalue weighted by Gasteiger charge is 2.14. The second-order valence-electron chi connectivity index (χ2n) is 5.12. The van der Waals surface area contributed by atoms with Crippen LogP contribution in [0.1, 0.15) is 34.1 Å².